The summed E-state index contributed by atoms with van der Waals surface area (Å²) in [4.78, 5) is 15.5. The number of methoxy groups -OCH3 is 1. The van der Waals surface area contributed by atoms with Gasteiger partial charge < -0.3 is 15.4 Å². The van der Waals surface area contributed by atoms with E-state index in [0.717, 1.165) is 24.0 Å². The van der Waals surface area contributed by atoms with Crippen LogP contribution < -0.4 is 10.6 Å². The standard InChI is InChI=1S/C18H32N6O2/c1-14(9-10-15-7-5-4-6-8-15)21-18(19-2)20-11-16-12-24(23-22-16)13-17(25)26-3/h12,14-15H,4-11,13H2,1-3H3,(H2,19,20,21). The summed E-state index contributed by atoms with van der Waals surface area (Å²) in [5.41, 5.74) is 0.742. The highest BCUT2D eigenvalue weighted by Crippen LogP contribution is 2.27. The van der Waals surface area contributed by atoms with Crippen LogP contribution in [0.4, 0.5) is 0 Å². The third-order valence-electron chi connectivity index (χ3n) is 4.88. The molecule has 1 atom stereocenters. The Morgan fingerprint density at radius 3 is 2.88 bits per heavy atom. The quantitative estimate of drug-likeness (QED) is 0.415. The summed E-state index contributed by atoms with van der Waals surface area (Å²) >= 11 is 0. The van der Waals surface area contributed by atoms with E-state index in [1.165, 1.54) is 50.3 Å². The second-order valence-electron chi connectivity index (χ2n) is 7.04. The van der Waals surface area contributed by atoms with E-state index < -0.39 is 0 Å². The van der Waals surface area contributed by atoms with Gasteiger partial charge in [0.15, 0.2) is 5.96 Å². The second kappa shape index (κ2) is 10.8. The van der Waals surface area contributed by atoms with Crippen LogP contribution >= 0.6 is 0 Å². The van der Waals surface area contributed by atoms with Gasteiger partial charge in [-0.15, -0.1) is 5.10 Å². The number of hydrogen-bond acceptors (Lipinski definition) is 5. The predicted octanol–water partition coefficient (Wildman–Crippen LogP) is 1.87. The van der Waals surface area contributed by atoms with Gasteiger partial charge in [0.1, 0.15) is 12.2 Å². The van der Waals surface area contributed by atoms with Crippen LogP contribution in [0.2, 0.25) is 0 Å². The Morgan fingerprint density at radius 2 is 2.19 bits per heavy atom. The Hall–Kier alpha value is -2.12. The molecule has 1 fully saturated rings. The van der Waals surface area contributed by atoms with Gasteiger partial charge in [-0.1, -0.05) is 37.3 Å². The highest BCUT2D eigenvalue weighted by Gasteiger charge is 2.15. The Morgan fingerprint density at radius 1 is 1.42 bits per heavy atom. The minimum Gasteiger partial charge on any atom is -0.468 e. The van der Waals surface area contributed by atoms with Crippen molar-refractivity contribution in [1.82, 2.24) is 25.6 Å². The molecule has 146 valence electrons. The minimum absolute atomic E-state index is 0.0642. The van der Waals surface area contributed by atoms with E-state index in [9.17, 15) is 4.79 Å². The largest absolute Gasteiger partial charge is 0.468 e. The van der Waals surface area contributed by atoms with Gasteiger partial charge in [0.25, 0.3) is 0 Å². The average molecular weight is 364 g/mol. The first-order valence-electron chi connectivity index (χ1n) is 9.53. The van der Waals surface area contributed by atoms with Crippen molar-refractivity contribution in [3.05, 3.63) is 11.9 Å². The smallest absolute Gasteiger partial charge is 0.327 e. The fourth-order valence-corrected chi connectivity index (χ4v) is 3.33. The Balaban J connectivity index is 1.70. The number of ether oxygens (including phenoxy) is 1. The van der Waals surface area contributed by atoms with Crippen molar-refractivity contribution >= 4 is 11.9 Å². The highest BCUT2D eigenvalue weighted by atomic mass is 16.5. The van der Waals surface area contributed by atoms with Crippen molar-refractivity contribution in [2.75, 3.05) is 14.2 Å². The topological polar surface area (TPSA) is 93.4 Å². The molecule has 1 aromatic heterocycles. The number of esters is 1. The van der Waals surface area contributed by atoms with Crippen LogP contribution in [0.15, 0.2) is 11.2 Å². The lowest BCUT2D eigenvalue weighted by Gasteiger charge is -2.24. The van der Waals surface area contributed by atoms with E-state index in [0.29, 0.717) is 12.6 Å². The third-order valence-corrected chi connectivity index (χ3v) is 4.88. The molecule has 1 aromatic rings. The molecule has 26 heavy (non-hydrogen) atoms. The van der Waals surface area contributed by atoms with Gasteiger partial charge in [0.05, 0.1) is 19.9 Å². The first-order valence-corrected chi connectivity index (χ1v) is 9.53. The molecule has 8 heteroatoms. The molecule has 8 nitrogen and oxygen atoms in total. The summed E-state index contributed by atoms with van der Waals surface area (Å²) in [7, 11) is 3.12. The average Bonchev–Trinajstić information content (AvgIpc) is 3.11. The molecule has 0 aromatic carbocycles. The van der Waals surface area contributed by atoms with E-state index in [1.54, 1.807) is 13.2 Å². The number of guanidine groups is 1. The van der Waals surface area contributed by atoms with Gasteiger partial charge in [-0.2, -0.15) is 0 Å². The molecule has 0 bridgehead atoms. The summed E-state index contributed by atoms with van der Waals surface area (Å²) in [6.45, 7) is 2.76. The molecule has 1 saturated carbocycles. The summed E-state index contributed by atoms with van der Waals surface area (Å²) < 4.78 is 6.08. The highest BCUT2D eigenvalue weighted by molar-refractivity contribution is 5.79. The number of carbonyl (C=O) groups excluding carboxylic acids is 1. The van der Waals surface area contributed by atoms with Crippen LogP contribution in [-0.4, -0.2) is 47.1 Å². The molecule has 0 saturated heterocycles. The van der Waals surface area contributed by atoms with Crippen molar-refractivity contribution in [3.63, 3.8) is 0 Å². The zero-order chi connectivity index (χ0) is 18.8. The lowest BCUT2D eigenvalue weighted by Crippen LogP contribution is -2.42. The van der Waals surface area contributed by atoms with Crippen molar-refractivity contribution < 1.29 is 9.53 Å². The van der Waals surface area contributed by atoms with E-state index >= 15 is 0 Å². The predicted molar refractivity (Wildman–Crippen MR) is 101 cm³/mol. The fraction of sp³-hybridized carbons (Fsp3) is 0.778. The monoisotopic (exact) mass is 364 g/mol. The Labute approximate surface area is 155 Å². The summed E-state index contributed by atoms with van der Waals surface area (Å²) in [6.07, 6.45) is 11.1. The van der Waals surface area contributed by atoms with Gasteiger partial charge in [-0.05, 0) is 25.7 Å². The van der Waals surface area contributed by atoms with Crippen LogP contribution in [0.25, 0.3) is 0 Å². The molecule has 0 aliphatic heterocycles. The van der Waals surface area contributed by atoms with Gasteiger partial charge in [0, 0.05) is 13.1 Å². The van der Waals surface area contributed by atoms with Gasteiger partial charge >= 0.3 is 5.97 Å². The zero-order valence-electron chi connectivity index (χ0n) is 16.2. The van der Waals surface area contributed by atoms with Gasteiger partial charge in [0.2, 0.25) is 0 Å². The van der Waals surface area contributed by atoms with Crippen LogP contribution in [0.5, 0.6) is 0 Å². The van der Waals surface area contributed by atoms with Crippen LogP contribution in [0.1, 0.15) is 57.6 Å². The van der Waals surface area contributed by atoms with Gasteiger partial charge in [-0.25, -0.2) is 4.68 Å². The molecule has 2 rings (SSSR count). The zero-order valence-corrected chi connectivity index (χ0v) is 16.2. The van der Waals surface area contributed by atoms with Crippen LogP contribution in [-0.2, 0) is 22.6 Å². The van der Waals surface area contributed by atoms with Crippen LogP contribution in [0.3, 0.4) is 0 Å². The summed E-state index contributed by atoms with van der Waals surface area (Å²) in [5.74, 6) is 1.30. The molecule has 1 aliphatic rings. The molecule has 1 heterocycles. The summed E-state index contributed by atoms with van der Waals surface area (Å²) in [5, 5.41) is 14.6. The first kappa shape index (κ1) is 20.2. The van der Waals surface area contributed by atoms with Crippen molar-refractivity contribution in [2.24, 2.45) is 10.9 Å². The lowest BCUT2D eigenvalue weighted by molar-refractivity contribution is -0.141. The van der Waals surface area contributed by atoms with Crippen molar-refractivity contribution in [3.8, 4) is 0 Å². The van der Waals surface area contributed by atoms with E-state index in [2.05, 4.69) is 37.6 Å². The number of rotatable bonds is 8. The van der Waals surface area contributed by atoms with Gasteiger partial charge in [-0.3, -0.25) is 9.79 Å². The molecule has 0 spiro atoms. The molecule has 1 unspecified atom stereocenters. The van der Waals surface area contributed by atoms with Crippen molar-refractivity contribution in [1.29, 1.82) is 0 Å². The molecule has 0 amide bonds. The summed E-state index contributed by atoms with van der Waals surface area (Å²) in [6, 6.07) is 0.373. The number of nitrogens with one attached hydrogen (secondary N) is 2. The molecule has 2 N–H and O–H groups in total. The molecule has 1 aliphatic carbocycles. The number of hydrogen-bond donors (Lipinski definition) is 2. The number of carbonyl (C=O) groups is 1. The SMILES string of the molecule is CN=C(NCc1cn(CC(=O)OC)nn1)NC(C)CCC1CCCCC1. The first-order chi connectivity index (χ1) is 12.6. The normalized spacial score (nSPS) is 17.0. The van der Waals surface area contributed by atoms with E-state index in [1.807, 2.05) is 0 Å². The Kier molecular flexibility index (Phi) is 8.37. The number of aromatic nitrogens is 3. The maximum absolute atomic E-state index is 11.2. The third kappa shape index (κ3) is 7.01. The second-order valence-corrected chi connectivity index (χ2v) is 7.04. The molecule has 0 radical (unpaired) electrons. The molecular weight excluding hydrogens is 332 g/mol. The van der Waals surface area contributed by atoms with E-state index in [4.69, 9.17) is 0 Å². The number of nitrogens with zero attached hydrogens (tertiary/aromatic N) is 4. The number of aliphatic imine (C=N–C) groups is 1. The van der Waals surface area contributed by atoms with E-state index in [-0.39, 0.29) is 12.5 Å². The maximum Gasteiger partial charge on any atom is 0.327 e. The maximum atomic E-state index is 11.2. The fourth-order valence-electron chi connectivity index (χ4n) is 3.33. The molecular formula is C18H32N6O2. The Bertz CT molecular complexity index is 580. The lowest BCUT2D eigenvalue weighted by atomic mass is 9.85. The van der Waals surface area contributed by atoms with Crippen LogP contribution in [0, 0.1) is 5.92 Å². The minimum atomic E-state index is -0.348. The van der Waals surface area contributed by atoms with Crippen molar-refractivity contribution in [2.45, 2.75) is 71.0 Å².